The van der Waals surface area contributed by atoms with Crippen molar-refractivity contribution in [1.29, 1.82) is 0 Å². The third kappa shape index (κ3) is 5.80. The number of hydrogen-bond acceptors (Lipinski definition) is 4. The highest BCUT2D eigenvalue weighted by molar-refractivity contribution is 9.10. The summed E-state index contributed by atoms with van der Waals surface area (Å²) in [6.45, 7) is 4.29. The summed E-state index contributed by atoms with van der Waals surface area (Å²) in [4.78, 5) is 12.4. The van der Waals surface area contributed by atoms with Crippen LogP contribution >= 0.6 is 31.9 Å². The molecule has 0 radical (unpaired) electrons. The van der Waals surface area contributed by atoms with Crippen LogP contribution in [-0.2, 0) is 13.0 Å². The number of hydrogen-bond donors (Lipinski definition) is 1. The van der Waals surface area contributed by atoms with E-state index in [1.165, 1.54) is 0 Å². The van der Waals surface area contributed by atoms with E-state index in [2.05, 4.69) is 49.0 Å². The van der Waals surface area contributed by atoms with Crippen LogP contribution in [0.2, 0.25) is 0 Å². The molecule has 0 spiro atoms. The fourth-order valence-electron chi connectivity index (χ4n) is 3.27. The van der Waals surface area contributed by atoms with Crippen molar-refractivity contribution in [3.8, 4) is 5.75 Å². The molecule has 1 amide bonds. The number of furan rings is 1. The number of carbonyl (C=O) groups excluding carboxylic acids is 1. The first-order valence-corrected chi connectivity index (χ1v) is 11.7. The van der Waals surface area contributed by atoms with Gasteiger partial charge < -0.3 is 9.15 Å². The van der Waals surface area contributed by atoms with Crippen LogP contribution in [-0.4, -0.2) is 12.1 Å². The van der Waals surface area contributed by atoms with E-state index in [4.69, 9.17) is 9.15 Å². The summed E-state index contributed by atoms with van der Waals surface area (Å²) < 4.78 is 13.5. The van der Waals surface area contributed by atoms with Crippen molar-refractivity contribution < 1.29 is 13.9 Å². The fraction of sp³-hybridized carbons (Fsp3) is 0.0769. The topological polar surface area (TPSA) is 63.8 Å². The molecule has 33 heavy (non-hydrogen) atoms. The first-order chi connectivity index (χ1) is 16.0. The molecular weight excluding hydrogens is 548 g/mol. The Bertz CT molecular complexity index is 1290. The van der Waals surface area contributed by atoms with E-state index in [9.17, 15) is 4.79 Å². The molecule has 0 saturated heterocycles. The molecule has 0 fully saturated rings. The van der Waals surface area contributed by atoms with Crippen molar-refractivity contribution in [2.45, 2.75) is 13.0 Å². The number of rotatable bonds is 8. The minimum absolute atomic E-state index is 0.207. The van der Waals surface area contributed by atoms with Crippen LogP contribution in [0.1, 0.15) is 27.2 Å². The van der Waals surface area contributed by atoms with Gasteiger partial charge in [0.2, 0.25) is 0 Å². The molecule has 0 saturated carbocycles. The SMILES string of the molecule is C=CCc1cc(/C=N/NC(=O)c2cc3ccccc3o2)cc(Br)c1OCc1ccc(Br)cc1. The summed E-state index contributed by atoms with van der Waals surface area (Å²) >= 11 is 7.04. The van der Waals surface area contributed by atoms with Crippen molar-refractivity contribution in [3.63, 3.8) is 0 Å². The smallest absolute Gasteiger partial charge is 0.307 e. The van der Waals surface area contributed by atoms with Gasteiger partial charge in [-0.15, -0.1) is 6.58 Å². The molecule has 1 aromatic heterocycles. The number of carbonyl (C=O) groups is 1. The number of nitrogens with one attached hydrogen (secondary N) is 1. The molecule has 4 rings (SSSR count). The Hall–Kier alpha value is -3.16. The molecular formula is C26H20Br2N2O3. The zero-order chi connectivity index (χ0) is 23.2. The Morgan fingerprint density at radius 3 is 2.64 bits per heavy atom. The number of fused-ring (bicyclic) bond motifs is 1. The number of allylic oxidation sites excluding steroid dienone is 1. The highest BCUT2D eigenvalue weighted by Gasteiger charge is 2.12. The van der Waals surface area contributed by atoms with Crippen molar-refractivity contribution in [3.05, 3.63) is 111 Å². The second kappa shape index (κ2) is 10.6. The van der Waals surface area contributed by atoms with Crippen LogP contribution in [0.25, 0.3) is 11.0 Å². The van der Waals surface area contributed by atoms with E-state index in [1.54, 1.807) is 12.3 Å². The highest BCUT2D eigenvalue weighted by Crippen LogP contribution is 2.32. The Morgan fingerprint density at radius 2 is 1.88 bits per heavy atom. The van der Waals surface area contributed by atoms with E-state index < -0.39 is 5.91 Å². The number of halogens is 2. The number of nitrogens with zero attached hydrogens (tertiary/aromatic N) is 1. The zero-order valence-corrected chi connectivity index (χ0v) is 20.7. The molecule has 0 aliphatic carbocycles. The largest absolute Gasteiger partial charge is 0.487 e. The standard InChI is InChI=1S/C26H20Br2N2O3/c1-2-5-20-12-18(13-22(28)25(20)32-16-17-8-10-21(27)11-9-17)15-29-30-26(31)24-14-19-6-3-4-7-23(19)33-24/h2-4,6-15H,1,5,16H2,(H,30,31)/b29-15+. The molecule has 1 N–H and O–H groups in total. The van der Waals surface area contributed by atoms with Gasteiger partial charge in [-0.3, -0.25) is 4.79 Å². The molecule has 0 atom stereocenters. The Morgan fingerprint density at radius 1 is 1.09 bits per heavy atom. The van der Waals surface area contributed by atoms with Crippen molar-refractivity contribution in [2.24, 2.45) is 5.10 Å². The minimum atomic E-state index is -0.415. The van der Waals surface area contributed by atoms with Crippen LogP contribution in [0.4, 0.5) is 0 Å². The van der Waals surface area contributed by atoms with Crippen LogP contribution < -0.4 is 10.2 Å². The van der Waals surface area contributed by atoms with Gasteiger partial charge >= 0.3 is 5.91 Å². The van der Waals surface area contributed by atoms with Crippen molar-refractivity contribution >= 4 is 55.0 Å². The van der Waals surface area contributed by atoms with Gasteiger partial charge in [0.15, 0.2) is 5.76 Å². The van der Waals surface area contributed by atoms with Gasteiger partial charge in [0.25, 0.3) is 0 Å². The molecule has 0 unspecified atom stereocenters. The highest BCUT2D eigenvalue weighted by atomic mass is 79.9. The lowest BCUT2D eigenvalue weighted by molar-refractivity contribution is 0.0929. The maximum Gasteiger partial charge on any atom is 0.307 e. The zero-order valence-electron chi connectivity index (χ0n) is 17.6. The minimum Gasteiger partial charge on any atom is -0.487 e. The molecule has 166 valence electrons. The first kappa shape index (κ1) is 23.0. The Kier molecular flexibility index (Phi) is 7.42. The molecule has 4 aromatic rings. The molecule has 1 heterocycles. The monoisotopic (exact) mass is 566 g/mol. The van der Waals surface area contributed by atoms with E-state index in [0.717, 1.165) is 36.8 Å². The predicted octanol–water partition coefficient (Wildman–Crippen LogP) is 7.03. The van der Waals surface area contributed by atoms with E-state index in [1.807, 2.05) is 66.7 Å². The molecule has 7 heteroatoms. The summed E-state index contributed by atoms with van der Waals surface area (Å²) in [5.41, 5.74) is 6.00. The average Bonchev–Trinajstić information content (AvgIpc) is 3.24. The van der Waals surface area contributed by atoms with Gasteiger partial charge in [-0.25, -0.2) is 5.43 Å². The average molecular weight is 568 g/mol. The molecule has 0 bridgehead atoms. The summed E-state index contributed by atoms with van der Waals surface area (Å²) in [6, 6.07) is 21.0. The van der Waals surface area contributed by atoms with Crippen LogP contribution in [0.15, 0.2) is 97.8 Å². The lowest BCUT2D eigenvalue weighted by Gasteiger charge is -2.14. The van der Waals surface area contributed by atoms with Gasteiger partial charge in [-0.2, -0.15) is 5.10 Å². The summed E-state index contributed by atoms with van der Waals surface area (Å²) in [5.74, 6) is 0.544. The molecule has 5 nitrogen and oxygen atoms in total. The van der Waals surface area contributed by atoms with Gasteiger partial charge in [-0.1, -0.05) is 52.3 Å². The number of amides is 1. The summed E-state index contributed by atoms with van der Waals surface area (Å²) in [5, 5.41) is 4.95. The van der Waals surface area contributed by atoms with Gasteiger partial charge in [-0.05, 0) is 75.4 Å². The third-order valence-electron chi connectivity index (χ3n) is 4.83. The second-order valence-electron chi connectivity index (χ2n) is 7.25. The lowest BCUT2D eigenvalue weighted by Crippen LogP contribution is -2.16. The fourth-order valence-corrected chi connectivity index (χ4v) is 4.17. The van der Waals surface area contributed by atoms with Crippen molar-refractivity contribution in [2.75, 3.05) is 0 Å². The van der Waals surface area contributed by atoms with E-state index in [-0.39, 0.29) is 5.76 Å². The maximum atomic E-state index is 12.4. The summed E-state index contributed by atoms with van der Waals surface area (Å²) in [6.07, 6.45) is 4.02. The molecule has 3 aromatic carbocycles. The van der Waals surface area contributed by atoms with Crippen LogP contribution in [0.5, 0.6) is 5.75 Å². The first-order valence-electron chi connectivity index (χ1n) is 10.2. The normalized spacial score (nSPS) is 11.1. The summed E-state index contributed by atoms with van der Waals surface area (Å²) in [7, 11) is 0. The maximum absolute atomic E-state index is 12.4. The second-order valence-corrected chi connectivity index (χ2v) is 9.02. The van der Waals surface area contributed by atoms with Crippen LogP contribution in [0, 0.1) is 0 Å². The Labute approximate surface area is 208 Å². The molecule has 0 aliphatic heterocycles. The van der Waals surface area contributed by atoms with Gasteiger partial charge in [0.1, 0.15) is 17.9 Å². The number of ether oxygens (including phenoxy) is 1. The molecule has 0 aliphatic rings. The quantitative estimate of drug-likeness (QED) is 0.141. The predicted molar refractivity (Wildman–Crippen MR) is 138 cm³/mol. The van der Waals surface area contributed by atoms with Crippen LogP contribution in [0.3, 0.4) is 0 Å². The van der Waals surface area contributed by atoms with E-state index in [0.29, 0.717) is 18.6 Å². The lowest BCUT2D eigenvalue weighted by atomic mass is 10.1. The number of benzene rings is 3. The van der Waals surface area contributed by atoms with Crippen molar-refractivity contribution in [1.82, 2.24) is 5.43 Å². The number of hydrazone groups is 1. The third-order valence-corrected chi connectivity index (χ3v) is 5.95. The number of para-hydroxylation sites is 1. The van der Waals surface area contributed by atoms with Gasteiger partial charge in [0, 0.05) is 9.86 Å². The van der Waals surface area contributed by atoms with E-state index >= 15 is 0 Å². The Balaban J connectivity index is 1.46. The van der Waals surface area contributed by atoms with Gasteiger partial charge in [0.05, 0.1) is 10.7 Å².